The molecule has 5 heteroatoms. The third-order valence-corrected chi connectivity index (χ3v) is 4.69. The van der Waals surface area contributed by atoms with Crippen LogP contribution in [0.2, 0.25) is 10.0 Å². The lowest BCUT2D eigenvalue weighted by Gasteiger charge is -2.05. The van der Waals surface area contributed by atoms with Gasteiger partial charge in [0.2, 0.25) is 0 Å². The summed E-state index contributed by atoms with van der Waals surface area (Å²) in [5.74, 6) is 0.451. The first kappa shape index (κ1) is 16.2. The minimum absolute atomic E-state index is 0.208. The van der Waals surface area contributed by atoms with Gasteiger partial charge in [-0.25, -0.2) is 0 Å². The van der Waals surface area contributed by atoms with Gasteiger partial charge in [-0.3, -0.25) is 0 Å². The molecule has 3 nitrogen and oxygen atoms in total. The van der Waals surface area contributed by atoms with Gasteiger partial charge in [0.1, 0.15) is 5.69 Å². The SMILES string of the molecule is OCc1c(-c2ccc3ccccc3c2)noc1-c1ccc(Cl)cc1Cl. The minimum Gasteiger partial charge on any atom is -0.391 e. The van der Waals surface area contributed by atoms with Crippen molar-refractivity contribution in [2.24, 2.45) is 0 Å². The molecule has 1 heterocycles. The van der Waals surface area contributed by atoms with Crippen molar-refractivity contribution in [2.75, 3.05) is 0 Å². The van der Waals surface area contributed by atoms with Gasteiger partial charge >= 0.3 is 0 Å². The molecule has 0 aliphatic heterocycles. The Morgan fingerprint density at radius 1 is 0.920 bits per heavy atom. The van der Waals surface area contributed by atoms with Crippen molar-refractivity contribution in [3.05, 3.63) is 76.3 Å². The Hall–Kier alpha value is -2.33. The topological polar surface area (TPSA) is 46.3 Å². The molecule has 0 unspecified atom stereocenters. The maximum atomic E-state index is 9.90. The zero-order valence-corrected chi connectivity index (χ0v) is 14.6. The quantitative estimate of drug-likeness (QED) is 0.484. The second-order valence-corrected chi connectivity index (χ2v) is 6.53. The molecule has 0 saturated heterocycles. The zero-order valence-electron chi connectivity index (χ0n) is 13.0. The van der Waals surface area contributed by atoms with Crippen LogP contribution in [0.5, 0.6) is 0 Å². The van der Waals surface area contributed by atoms with Crippen molar-refractivity contribution in [1.82, 2.24) is 5.16 Å². The van der Waals surface area contributed by atoms with Crippen LogP contribution in [0.3, 0.4) is 0 Å². The molecule has 0 aliphatic rings. The Morgan fingerprint density at radius 3 is 2.48 bits per heavy atom. The minimum atomic E-state index is -0.208. The molecule has 0 amide bonds. The smallest absolute Gasteiger partial charge is 0.174 e. The van der Waals surface area contributed by atoms with Crippen LogP contribution in [-0.2, 0) is 6.61 Å². The molecular weight excluding hydrogens is 357 g/mol. The summed E-state index contributed by atoms with van der Waals surface area (Å²) in [5, 5.41) is 17.3. The molecule has 3 aromatic carbocycles. The Morgan fingerprint density at radius 2 is 1.72 bits per heavy atom. The van der Waals surface area contributed by atoms with Crippen LogP contribution in [0.1, 0.15) is 5.56 Å². The molecule has 0 atom stereocenters. The molecule has 25 heavy (non-hydrogen) atoms. The highest BCUT2D eigenvalue weighted by Crippen LogP contribution is 2.37. The Kier molecular flexibility index (Phi) is 4.22. The normalized spacial score (nSPS) is 11.2. The van der Waals surface area contributed by atoms with E-state index in [1.54, 1.807) is 18.2 Å². The Labute approximate surface area is 154 Å². The van der Waals surface area contributed by atoms with E-state index in [0.29, 0.717) is 32.6 Å². The maximum absolute atomic E-state index is 9.90. The summed E-state index contributed by atoms with van der Waals surface area (Å²) in [7, 11) is 0. The first-order valence-corrected chi connectivity index (χ1v) is 8.47. The van der Waals surface area contributed by atoms with Crippen molar-refractivity contribution in [2.45, 2.75) is 6.61 Å². The van der Waals surface area contributed by atoms with Crippen molar-refractivity contribution in [3.8, 4) is 22.6 Å². The largest absolute Gasteiger partial charge is 0.391 e. The van der Waals surface area contributed by atoms with E-state index in [1.807, 2.05) is 42.5 Å². The predicted molar refractivity (Wildman–Crippen MR) is 101 cm³/mol. The lowest BCUT2D eigenvalue weighted by Crippen LogP contribution is -1.90. The lowest BCUT2D eigenvalue weighted by atomic mass is 10.0. The van der Waals surface area contributed by atoms with Crippen LogP contribution in [0.4, 0.5) is 0 Å². The van der Waals surface area contributed by atoms with Gasteiger partial charge in [-0.2, -0.15) is 0 Å². The molecule has 0 bridgehead atoms. The summed E-state index contributed by atoms with van der Waals surface area (Å²) in [4.78, 5) is 0. The Bertz CT molecular complexity index is 1070. The molecule has 1 N–H and O–H groups in total. The summed E-state index contributed by atoms with van der Waals surface area (Å²) in [6, 6.07) is 19.2. The molecule has 0 saturated carbocycles. The molecular formula is C20H13Cl2NO2. The van der Waals surface area contributed by atoms with Gasteiger partial charge in [0.15, 0.2) is 5.76 Å². The number of nitrogens with zero attached hydrogens (tertiary/aromatic N) is 1. The molecule has 124 valence electrons. The summed E-state index contributed by atoms with van der Waals surface area (Å²) in [6.45, 7) is -0.208. The standard InChI is InChI=1S/C20H13Cl2NO2/c21-15-7-8-16(18(22)10-15)20-17(11-24)19(23-25-20)14-6-5-12-3-1-2-4-13(12)9-14/h1-10,24H,11H2. The van der Waals surface area contributed by atoms with Gasteiger partial charge < -0.3 is 9.63 Å². The van der Waals surface area contributed by atoms with Crippen molar-refractivity contribution < 1.29 is 9.63 Å². The number of benzene rings is 3. The van der Waals surface area contributed by atoms with Crippen LogP contribution in [0, 0.1) is 0 Å². The molecule has 0 fully saturated rings. The van der Waals surface area contributed by atoms with Crippen molar-refractivity contribution in [3.63, 3.8) is 0 Å². The summed E-state index contributed by atoms with van der Waals surface area (Å²) in [5.41, 5.74) is 2.73. The van der Waals surface area contributed by atoms with E-state index in [9.17, 15) is 5.11 Å². The molecule has 1 aromatic heterocycles. The van der Waals surface area contributed by atoms with Crippen LogP contribution in [-0.4, -0.2) is 10.3 Å². The second-order valence-electron chi connectivity index (χ2n) is 5.68. The lowest BCUT2D eigenvalue weighted by molar-refractivity contribution is 0.281. The van der Waals surface area contributed by atoms with Crippen molar-refractivity contribution in [1.29, 1.82) is 0 Å². The highest BCUT2D eigenvalue weighted by molar-refractivity contribution is 6.36. The highest BCUT2D eigenvalue weighted by Gasteiger charge is 2.20. The van der Waals surface area contributed by atoms with E-state index in [4.69, 9.17) is 27.7 Å². The number of hydrogen-bond acceptors (Lipinski definition) is 3. The third kappa shape index (κ3) is 2.91. The summed E-state index contributed by atoms with van der Waals surface area (Å²) >= 11 is 12.2. The fraction of sp³-hybridized carbons (Fsp3) is 0.0500. The van der Waals surface area contributed by atoms with Crippen LogP contribution >= 0.6 is 23.2 Å². The Balaban J connectivity index is 1.87. The second kappa shape index (κ2) is 6.52. The van der Waals surface area contributed by atoms with Gasteiger partial charge in [-0.15, -0.1) is 0 Å². The van der Waals surface area contributed by atoms with Crippen molar-refractivity contribution >= 4 is 34.0 Å². The average molecular weight is 370 g/mol. The number of aliphatic hydroxyl groups is 1. The van der Waals surface area contributed by atoms with E-state index in [1.165, 1.54) is 0 Å². The van der Waals surface area contributed by atoms with Gasteiger partial charge in [0, 0.05) is 16.1 Å². The van der Waals surface area contributed by atoms with Crippen LogP contribution < -0.4 is 0 Å². The number of fused-ring (bicyclic) bond motifs is 1. The van der Waals surface area contributed by atoms with E-state index >= 15 is 0 Å². The molecule has 0 spiro atoms. The summed E-state index contributed by atoms with van der Waals surface area (Å²) in [6.07, 6.45) is 0. The first-order chi connectivity index (χ1) is 12.2. The summed E-state index contributed by atoms with van der Waals surface area (Å²) < 4.78 is 5.52. The van der Waals surface area contributed by atoms with E-state index in [0.717, 1.165) is 16.3 Å². The number of rotatable bonds is 3. The number of halogens is 2. The van der Waals surface area contributed by atoms with E-state index < -0.39 is 0 Å². The first-order valence-electron chi connectivity index (χ1n) is 7.71. The van der Waals surface area contributed by atoms with E-state index in [-0.39, 0.29) is 6.61 Å². The molecule has 0 aliphatic carbocycles. The number of aromatic nitrogens is 1. The number of hydrogen-bond donors (Lipinski definition) is 1. The third-order valence-electron chi connectivity index (χ3n) is 4.14. The van der Waals surface area contributed by atoms with Gasteiger partial charge in [-0.1, -0.05) is 64.8 Å². The highest BCUT2D eigenvalue weighted by atomic mass is 35.5. The van der Waals surface area contributed by atoms with E-state index in [2.05, 4.69) is 5.16 Å². The van der Waals surface area contributed by atoms with Gasteiger partial charge in [0.25, 0.3) is 0 Å². The van der Waals surface area contributed by atoms with Gasteiger partial charge in [0.05, 0.1) is 17.2 Å². The number of aliphatic hydroxyl groups excluding tert-OH is 1. The predicted octanol–water partition coefficient (Wildman–Crippen LogP) is 5.96. The average Bonchev–Trinajstić information content (AvgIpc) is 3.05. The van der Waals surface area contributed by atoms with Crippen LogP contribution in [0.15, 0.2) is 65.2 Å². The maximum Gasteiger partial charge on any atom is 0.174 e. The van der Waals surface area contributed by atoms with Gasteiger partial charge in [-0.05, 0) is 35.0 Å². The fourth-order valence-electron chi connectivity index (χ4n) is 2.90. The fourth-order valence-corrected chi connectivity index (χ4v) is 3.40. The molecule has 0 radical (unpaired) electrons. The zero-order chi connectivity index (χ0) is 17.4. The monoisotopic (exact) mass is 369 g/mol. The molecule has 4 aromatic rings. The van der Waals surface area contributed by atoms with Crippen LogP contribution in [0.25, 0.3) is 33.4 Å². The molecule has 4 rings (SSSR count).